The molecule has 35 heavy (non-hydrogen) atoms. The second-order valence-corrected chi connectivity index (χ2v) is 15.4. The number of hydrogen-bond donors (Lipinski definition) is 3. The Hall–Kier alpha value is -0.380. The molecule has 3 heteroatoms. The second kappa shape index (κ2) is 8.84. The third kappa shape index (κ3) is 3.84. The Labute approximate surface area is 216 Å². The zero-order chi connectivity index (χ0) is 26.1. The summed E-state index contributed by atoms with van der Waals surface area (Å²) < 4.78 is 0. The van der Waals surface area contributed by atoms with Crippen molar-refractivity contribution >= 4 is 0 Å². The topological polar surface area (TPSA) is 60.7 Å². The zero-order valence-corrected chi connectivity index (χ0v) is 24.2. The molecular weight excluding hydrogens is 432 g/mol. The van der Waals surface area contributed by atoms with Crippen LogP contribution in [-0.2, 0) is 0 Å². The van der Waals surface area contributed by atoms with Crippen LogP contribution < -0.4 is 0 Å². The molecule has 0 bridgehead atoms. The first-order chi connectivity index (χ1) is 16.2. The molecule has 3 nitrogen and oxygen atoms in total. The van der Waals surface area contributed by atoms with Crippen LogP contribution in [0.15, 0.2) is 11.6 Å². The van der Waals surface area contributed by atoms with Crippen molar-refractivity contribution in [3.63, 3.8) is 0 Å². The summed E-state index contributed by atoms with van der Waals surface area (Å²) in [5.41, 5.74) is 3.16. The third-order valence-corrected chi connectivity index (χ3v) is 13.1. The van der Waals surface area contributed by atoms with E-state index in [-0.39, 0.29) is 29.0 Å². The molecule has 0 spiro atoms. The summed E-state index contributed by atoms with van der Waals surface area (Å²) >= 11 is 0. The van der Waals surface area contributed by atoms with E-state index in [1.807, 2.05) is 0 Å². The number of hydrogen-bond acceptors (Lipinski definition) is 3. The number of rotatable bonds is 1. The first-order valence-corrected chi connectivity index (χ1v) is 14.8. The summed E-state index contributed by atoms with van der Waals surface area (Å²) in [7, 11) is 0. The van der Waals surface area contributed by atoms with Gasteiger partial charge in [0.2, 0.25) is 0 Å². The van der Waals surface area contributed by atoms with E-state index in [1.165, 1.54) is 57.8 Å². The molecule has 0 heterocycles. The van der Waals surface area contributed by atoms with Crippen molar-refractivity contribution in [1.29, 1.82) is 0 Å². The Morgan fingerprint density at radius 3 is 2.09 bits per heavy atom. The largest absolute Gasteiger partial charge is 0.397 e. The monoisotopic (exact) mass is 488 g/mol. The fraction of sp³-hybridized carbons (Fsp3) is 0.938. The standard InChI is InChI=1S/C30H50O2.C2H6O/c1-25(2)14-16-30(19-31)17-15-28(6)20(21(30)18-25)8-9-23-27(5)12-11-24(32)26(3,4)22(27)10-13-29(23,28)7;1-2-3/h8,21-24,31-32H,9-19H2,1-7H3;3H,2H2,1H3/t21-,22-,23+,24-,27-,28+,29+,30+;/m0./s1. The van der Waals surface area contributed by atoms with E-state index in [0.717, 1.165) is 6.42 Å². The minimum atomic E-state index is -0.153. The van der Waals surface area contributed by atoms with Gasteiger partial charge in [-0.2, -0.15) is 0 Å². The lowest BCUT2D eigenvalue weighted by molar-refractivity contribution is -0.204. The van der Waals surface area contributed by atoms with Gasteiger partial charge in [0.25, 0.3) is 0 Å². The maximum Gasteiger partial charge on any atom is 0.0594 e. The molecule has 4 fully saturated rings. The van der Waals surface area contributed by atoms with Gasteiger partial charge in [0.1, 0.15) is 0 Å². The Morgan fingerprint density at radius 2 is 1.46 bits per heavy atom. The highest BCUT2D eigenvalue weighted by Crippen LogP contribution is 2.75. The highest BCUT2D eigenvalue weighted by atomic mass is 16.3. The van der Waals surface area contributed by atoms with Crippen LogP contribution in [0.1, 0.15) is 120 Å². The summed E-state index contributed by atoms with van der Waals surface area (Å²) in [5, 5.41) is 29.1. The average molecular weight is 489 g/mol. The first kappa shape index (κ1) is 27.6. The van der Waals surface area contributed by atoms with Gasteiger partial charge in [0.05, 0.1) is 6.10 Å². The predicted octanol–water partition coefficient (Wildman–Crippen LogP) is 7.14. The number of aliphatic hydroxyl groups is 3. The van der Waals surface area contributed by atoms with Gasteiger partial charge in [-0.3, -0.25) is 0 Å². The van der Waals surface area contributed by atoms with Gasteiger partial charge in [-0.05, 0) is 116 Å². The molecule has 4 saturated carbocycles. The quantitative estimate of drug-likeness (QED) is 0.344. The van der Waals surface area contributed by atoms with Crippen LogP contribution in [0.3, 0.4) is 0 Å². The SMILES string of the molecule is CC1(C)CC[C@]2(CO)CC[C@]3(C)C(=CC[C@@H]4[C@@]5(C)CC[C@H](O)C(C)(C)[C@@H]5CC[C@]43C)[C@@H]2C1.CCO. The van der Waals surface area contributed by atoms with Crippen LogP contribution in [0.5, 0.6) is 0 Å². The molecule has 0 amide bonds. The average Bonchev–Trinajstić information content (AvgIpc) is 2.77. The molecular formula is C32H56O3. The molecule has 0 saturated heterocycles. The van der Waals surface area contributed by atoms with Crippen LogP contribution in [0.25, 0.3) is 0 Å². The first-order valence-electron chi connectivity index (χ1n) is 14.8. The van der Waals surface area contributed by atoms with Crippen molar-refractivity contribution in [3.8, 4) is 0 Å². The number of allylic oxidation sites excluding steroid dienone is 2. The van der Waals surface area contributed by atoms with E-state index in [1.54, 1.807) is 12.5 Å². The Kier molecular flexibility index (Phi) is 6.98. The van der Waals surface area contributed by atoms with Crippen molar-refractivity contribution in [2.45, 2.75) is 126 Å². The van der Waals surface area contributed by atoms with Crippen LogP contribution in [0.4, 0.5) is 0 Å². The molecule has 0 aromatic rings. The fourth-order valence-electron chi connectivity index (χ4n) is 10.6. The summed E-state index contributed by atoms with van der Waals surface area (Å²) in [6.07, 6.45) is 14.6. The van der Waals surface area contributed by atoms with E-state index in [4.69, 9.17) is 5.11 Å². The van der Waals surface area contributed by atoms with Gasteiger partial charge >= 0.3 is 0 Å². The van der Waals surface area contributed by atoms with Crippen LogP contribution in [0.2, 0.25) is 0 Å². The van der Waals surface area contributed by atoms with Crippen molar-refractivity contribution in [2.24, 2.45) is 50.2 Å². The maximum atomic E-state index is 10.9. The van der Waals surface area contributed by atoms with Crippen molar-refractivity contribution < 1.29 is 15.3 Å². The van der Waals surface area contributed by atoms with Gasteiger partial charge in [0.15, 0.2) is 0 Å². The third-order valence-electron chi connectivity index (χ3n) is 13.1. The van der Waals surface area contributed by atoms with Gasteiger partial charge in [-0.25, -0.2) is 0 Å². The van der Waals surface area contributed by atoms with Crippen LogP contribution >= 0.6 is 0 Å². The van der Waals surface area contributed by atoms with Gasteiger partial charge in [-0.15, -0.1) is 0 Å². The maximum absolute atomic E-state index is 10.9. The molecule has 5 rings (SSSR count). The minimum Gasteiger partial charge on any atom is -0.397 e. The number of fused-ring (bicyclic) bond motifs is 7. The molecule has 0 radical (unpaired) electrons. The second-order valence-electron chi connectivity index (χ2n) is 15.4. The summed E-state index contributed by atoms with van der Waals surface area (Å²) in [6.45, 7) is 19.8. The molecule has 8 atom stereocenters. The van der Waals surface area contributed by atoms with E-state index in [2.05, 4.69) is 54.5 Å². The summed E-state index contributed by atoms with van der Waals surface area (Å²) in [6, 6.07) is 0. The van der Waals surface area contributed by atoms with Crippen LogP contribution in [-0.4, -0.2) is 34.6 Å². The van der Waals surface area contributed by atoms with E-state index < -0.39 is 0 Å². The fourth-order valence-corrected chi connectivity index (χ4v) is 10.6. The van der Waals surface area contributed by atoms with Gasteiger partial charge in [0, 0.05) is 18.6 Å². The van der Waals surface area contributed by atoms with Gasteiger partial charge in [-0.1, -0.05) is 60.1 Å². The minimum absolute atomic E-state index is 0.0191. The molecule has 5 aliphatic carbocycles. The van der Waals surface area contributed by atoms with E-state index in [9.17, 15) is 10.2 Å². The molecule has 5 aliphatic rings. The van der Waals surface area contributed by atoms with E-state index in [0.29, 0.717) is 40.6 Å². The molecule has 0 unspecified atom stereocenters. The molecule has 0 aromatic carbocycles. The Morgan fingerprint density at radius 1 is 0.829 bits per heavy atom. The van der Waals surface area contributed by atoms with Crippen molar-refractivity contribution in [3.05, 3.63) is 11.6 Å². The molecule has 3 N–H and O–H groups in total. The Balaban J connectivity index is 0.000000917. The normalized spacial score (nSPS) is 49.7. The lowest BCUT2D eigenvalue weighted by atomic mass is 9.33. The summed E-state index contributed by atoms with van der Waals surface area (Å²) in [4.78, 5) is 0. The highest BCUT2D eigenvalue weighted by Gasteiger charge is 2.68. The van der Waals surface area contributed by atoms with Gasteiger partial charge < -0.3 is 15.3 Å². The predicted molar refractivity (Wildman–Crippen MR) is 145 cm³/mol. The van der Waals surface area contributed by atoms with Crippen LogP contribution in [0, 0.1) is 50.2 Å². The van der Waals surface area contributed by atoms with Crippen molar-refractivity contribution in [2.75, 3.05) is 13.2 Å². The van der Waals surface area contributed by atoms with E-state index >= 15 is 0 Å². The zero-order valence-electron chi connectivity index (χ0n) is 24.2. The molecule has 0 aromatic heterocycles. The number of aliphatic hydroxyl groups excluding tert-OH is 3. The summed E-state index contributed by atoms with van der Waals surface area (Å²) in [5.74, 6) is 1.87. The van der Waals surface area contributed by atoms with Crippen molar-refractivity contribution in [1.82, 2.24) is 0 Å². The molecule has 0 aliphatic heterocycles. The highest BCUT2D eigenvalue weighted by molar-refractivity contribution is 5.33. The molecule has 202 valence electrons. The lowest BCUT2D eigenvalue weighted by Gasteiger charge is -2.71. The Bertz CT molecular complexity index is 829. The lowest BCUT2D eigenvalue weighted by Crippen LogP contribution is -2.64. The smallest absolute Gasteiger partial charge is 0.0594 e.